The number of amides is 1. The Morgan fingerprint density at radius 2 is 1.88 bits per heavy atom. The lowest BCUT2D eigenvalue weighted by atomic mass is 9.88. The van der Waals surface area contributed by atoms with Gasteiger partial charge in [-0.25, -0.2) is 13.8 Å². The zero-order chi connectivity index (χ0) is 29.5. The highest BCUT2D eigenvalue weighted by molar-refractivity contribution is 7.98. The van der Waals surface area contributed by atoms with Crippen LogP contribution >= 0.6 is 11.8 Å². The number of halogens is 2. The van der Waals surface area contributed by atoms with Gasteiger partial charge in [0, 0.05) is 28.3 Å². The number of hydrazone groups is 1. The first-order valence-corrected chi connectivity index (χ1v) is 14.5. The Morgan fingerprint density at radius 1 is 1.15 bits per heavy atom. The second-order valence-corrected chi connectivity index (χ2v) is 10.4. The molecule has 41 heavy (non-hydrogen) atoms. The van der Waals surface area contributed by atoms with E-state index in [0.717, 1.165) is 45.6 Å². The number of aldehydes is 1. The molecule has 0 heterocycles. The molecular formula is C31H32F2N4O3S. The molecule has 3 aromatic carbocycles. The Labute approximate surface area is 242 Å². The van der Waals surface area contributed by atoms with E-state index in [-0.39, 0.29) is 24.1 Å². The molecule has 0 saturated carbocycles. The van der Waals surface area contributed by atoms with Gasteiger partial charge in [-0.05, 0) is 90.7 Å². The number of aliphatic hydroxyl groups excluding tert-OH is 1. The molecule has 0 radical (unpaired) electrons. The Bertz CT molecular complexity index is 1490. The first-order chi connectivity index (χ1) is 19.8. The molecule has 214 valence electrons. The van der Waals surface area contributed by atoms with Gasteiger partial charge >= 0.3 is 0 Å². The number of carbonyl (C=O) groups excluding carboxylic acids is 2. The highest BCUT2D eigenvalue weighted by atomic mass is 32.2. The van der Waals surface area contributed by atoms with Crippen LogP contribution < -0.4 is 16.1 Å². The number of carbonyl (C=O) groups is 2. The number of anilines is 2. The fourth-order valence-corrected chi connectivity index (χ4v) is 5.29. The topological polar surface area (TPSA) is 108 Å². The van der Waals surface area contributed by atoms with Gasteiger partial charge < -0.3 is 16.2 Å². The van der Waals surface area contributed by atoms with Crippen LogP contribution in [0.1, 0.15) is 59.3 Å². The summed E-state index contributed by atoms with van der Waals surface area (Å²) >= 11 is 1.60. The van der Waals surface area contributed by atoms with Gasteiger partial charge in [-0.1, -0.05) is 19.4 Å². The van der Waals surface area contributed by atoms with Crippen LogP contribution in [-0.4, -0.2) is 36.3 Å². The molecule has 0 saturated heterocycles. The van der Waals surface area contributed by atoms with E-state index in [1.54, 1.807) is 28.9 Å². The summed E-state index contributed by atoms with van der Waals surface area (Å²) in [7, 11) is 0. The minimum atomic E-state index is -1.18. The Hall–Kier alpha value is -3.86. The van der Waals surface area contributed by atoms with Crippen LogP contribution in [0.5, 0.6) is 0 Å². The van der Waals surface area contributed by atoms with Crippen molar-refractivity contribution in [1.29, 1.82) is 0 Å². The first-order valence-electron chi connectivity index (χ1n) is 13.3. The quantitative estimate of drug-likeness (QED) is 0.110. The summed E-state index contributed by atoms with van der Waals surface area (Å²) < 4.78 is 28.2. The number of aryl methyl sites for hydroxylation is 1. The molecule has 0 aliphatic heterocycles. The number of nitrogens with one attached hydrogen (secondary N) is 1. The third-order valence-corrected chi connectivity index (χ3v) is 7.67. The summed E-state index contributed by atoms with van der Waals surface area (Å²) in [6, 6.07) is 14.8. The van der Waals surface area contributed by atoms with Crippen LogP contribution in [-0.2, 0) is 11.2 Å². The molecule has 1 unspecified atom stereocenters. The average Bonchev–Trinajstić information content (AvgIpc) is 2.98. The van der Waals surface area contributed by atoms with Gasteiger partial charge in [0.15, 0.2) is 17.9 Å². The van der Waals surface area contributed by atoms with Crippen LogP contribution in [0.2, 0.25) is 0 Å². The number of benzene rings is 3. The normalized spacial score (nSPS) is 13.7. The SMILES string of the molecule is CCCC(O)c1cc(F)c(F)cc1C(=O)Nc1ccc2c(c1)C(N(/N=C/C=O)c1ccc(SC)cc1)=C(CN)CC2. The van der Waals surface area contributed by atoms with Crippen LogP contribution in [0.4, 0.5) is 20.2 Å². The summed E-state index contributed by atoms with van der Waals surface area (Å²) in [5.41, 5.74) is 10.5. The maximum absolute atomic E-state index is 14.2. The van der Waals surface area contributed by atoms with Gasteiger partial charge in [-0.3, -0.25) is 9.59 Å². The van der Waals surface area contributed by atoms with E-state index >= 15 is 0 Å². The number of nitrogens with two attached hydrogens (primary N) is 1. The summed E-state index contributed by atoms with van der Waals surface area (Å²) in [4.78, 5) is 25.6. The molecule has 1 aliphatic rings. The summed E-state index contributed by atoms with van der Waals surface area (Å²) in [5, 5.41) is 19.4. The number of hydrogen-bond acceptors (Lipinski definition) is 7. The number of thioether (sulfide) groups is 1. The molecule has 1 amide bonds. The van der Waals surface area contributed by atoms with Crippen molar-refractivity contribution in [3.05, 3.63) is 94.1 Å². The van der Waals surface area contributed by atoms with Crippen LogP contribution in [0.3, 0.4) is 0 Å². The third kappa shape index (κ3) is 6.73. The van der Waals surface area contributed by atoms with Gasteiger partial charge in [0.2, 0.25) is 0 Å². The van der Waals surface area contributed by atoms with Crippen molar-refractivity contribution in [2.45, 2.75) is 43.6 Å². The molecule has 0 aromatic heterocycles. The second-order valence-electron chi connectivity index (χ2n) is 9.55. The maximum Gasteiger partial charge on any atom is 0.256 e. The Kier molecular flexibility index (Phi) is 10.0. The van der Waals surface area contributed by atoms with Gasteiger partial charge in [0.05, 0.1) is 23.7 Å². The van der Waals surface area contributed by atoms with E-state index < -0.39 is 23.6 Å². The van der Waals surface area contributed by atoms with E-state index in [1.807, 2.05) is 43.5 Å². The number of aliphatic hydroxyl groups is 1. The van der Waals surface area contributed by atoms with E-state index in [2.05, 4.69) is 10.4 Å². The standard InChI is InChI=1S/C31H32F2N4O3S/c1-3-4-29(39)25-16-27(32)28(33)17-26(25)31(40)36-21-8-7-19-5-6-20(18-34)30(24(19)15-21)37(35-13-14-38)22-9-11-23(41-2)12-10-22/h7-17,29,39H,3-6,18,34H2,1-2H3,(H,36,40)/b35-13+. The van der Waals surface area contributed by atoms with Crippen molar-refractivity contribution in [3.63, 3.8) is 0 Å². The van der Waals surface area contributed by atoms with E-state index in [9.17, 15) is 23.5 Å². The lowest BCUT2D eigenvalue weighted by Gasteiger charge is -2.30. The van der Waals surface area contributed by atoms with E-state index in [4.69, 9.17) is 5.73 Å². The fourth-order valence-electron chi connectivity index (χ4n) is 4.88. The van der Waals surface area contributed by atoms with Crippen molar-refractivity contribution in [1.82, 2.24) is 0 Å². The smallest absolute Gasteiger partial charge is 0.256 e. The maximum atomic E-state index is 14.2. The van der Waals surface area contributed by atoms with Gasteiger partial charge in [-0.2, -0.15) is 5.10 Å². The summed E-state index contributed by atoms with van der Waals surface area (Å²) in [5.74, 6) is -2.99. The van der Waals surface area contributed by atoms with Gasteiger partial charge in [0.1, 0.15) is 0 Å². The Balaban J connectivity index is 1.76. The van der Waals surface area contributed by atoms with E-state index in [1.165, 1.54) is 0 Å². The molecule has 7 nitrogen and oxygen atoms in total. The molecule has 1 aliphatic carbocycles. The molecule has 0 bridgehead atoms. The van der Waals surface area contributed by atoms with Crippen LogP contribution in [0.25, 0.3) is 5.70 Å². The monoisotopic (exact) mass is 578 g/mol. The van der Waals surface area contributed by atoms with Crippen LogP contribution in [0.15, 0.2) is 70.2 Å². The van der Waals surface area contributed by atoms with Gasteiger partial charge in [0.25, 0.3) is 5.91 Å². The van der Waals surface area contributed by atoms with Crippen molar-refractivity contribution in [2.24, 2.45) is 10.8 Å². The number of fused-ring (bicyclic) bond motifs is 1. The fraction of sp³-hybridized carbons (Fsp3) is 0.258. The molecule has 3 aromatic rings. The zero-order valence-electron chi connectivity index (χ0n) is 22.9. The minimum Gasteiger partial charge on any atom is -0.388 e. The zero-order valence-corrected chi connectivity index (χ0v) is 23.7. The number of hydrogen-bond donors (Lipinski definition) is 3. The Morgan fingerprint density at radius 3 is 2.54 bits per heavy atom. The molecule has 4 rings (SSSR count). The van der Waals surface area contributed by atoms with Crippen LogP contribution in [0, 0.1) is 11.6 Å². The van der Waals surface area contributed by atoms with Crippen molar-refractivity contribution in [3.8, 4) is 0 Å². The molecular weight excluding hydrogens is 546 g/mol. The molecule has 0 spiro atoms. The average molecular weight is 579 g/mol. The van der Waals surface area contributed by atoms with Crippen molar-refractivity contribution in [2.75, 3.05) is 23.1 Å². The number of nitrogens with zero attached hydrogens (tertiary/aromatic N) is 2. The minimum absolute atomic E-state index is 0.0234. The lowest BCUT2D eigenvalue weighted by Crippen LogP contribution is -2.24. The highest BCUT2D eigenvalue weighted by Crippen LogP contribution is 2.38. The molecule has 0 fully saturated rings. The van der Waals surface area contributed by atoms with Crippen molar-refractivity contribution >= 4 is 47.2 Å². The van der Waals surface area contributed by atoms with E-state index in [0.29, 0.717) is 36.9 Å². The third-order valence-electron chi connectivity index (χ3n) is 6.93. The largest absolute Gasteiger partial charge is 0.388 e. The molecule has 10 heteroatoms. The number of rotatable bonds is 11. The lowest BCUT2D eigenvalue weighted by molar-refractivity contribution is -0.102. The highest BCUT2D eigenvalue weighted by Gasteiger charge is 2.26. The summed E-state index contributed by atoms with van der Waals surface area (Å²) in [6.45, 7) is 2.10. The molecule has 1 atom stereocenters. The van der Waals surface area contributed by atoms with Gasteiger partial charge in [-0.15, -0.1) is 11.8 Å². The molecule has 4 N–H and O–H groups in total. The van der Waals surface area contributed by atoms with Crippen molar-refractivity contribution < 1.29 is 23.5 Å². The first kappa shape index (κ1) is 30.1. The predicted octanol–water partition coefficient (Wildman–Crippen LogP) is 6.08. The predicted molar refractivity (Wildman–Crippen MR) is 160 cm³/mol. The summed E-state index contributed by atoms with van der Waals surface area (Å²) in [6.07, 6.45) is 4.90. The second kappa shape index (κ2) is 13.7.